The van der Waals surface area contributed by atoms with Crippen LogP contribution in [0.1, 0.15) is 40.0 Å². The number of nitrogen functional groups attached to an aromatic ring is 1. The van der Waals surface area contributed by atoms with E-state index in [-0.39, 0.29) is 28.4 Å². The highest BCUT2D eigenvalue weighted by molar-refractivity contribution is 5.69. The minimum atomic E-state index is -0.472. The van der Waals surface area contributed by atoms with Crippen molar-refractivity contribution in [2.75, 3.05) is 17.2 Å². The summed E-state index contributed by atoms with van der Waals surface area (Å²) < 4.78 is 0. The second-order valence-corrected chi connectivity index (χ2v) is 7.53. The summed E-state index contributed by atoms with van der Waals surface area (Å²) in [5.74, 6) is 0.315. The average Bonchev–Trinajstić information content (AvgIpc) is 2.57. The fourth-order valence-electron chi connectivity index (χ4n) is 4.48. The quantitative estimate of drug-likeness (QED) is 0.663. The van der Waals surface area contributed by atoms with Crippen LogP contribution in [-0.4, -0.2) is 27.5 Å². The Balaban J connectivity index is 2.04. The molecule has 3 rings (SSSR count). The van der Waals surface area contributed by atoms with E-state index >= 15 is 0 Å². The van der Waals surface area contributed by atoms with E-state index in [4.69, 9.17) is 5.73 Å². The van der Waals surface area contributed by atoms with Gasteiger partial charge in [-0.05, 0) is 30.1 Å². The zero-order valence-electron chi connectivity index (χ0n) is 12.7. The van der Waals surface area contributed by atoms with Gasteiger partial charge in [0.05, 0.1) is 4.92 Å². The lowest BCUT2D eigenvalue weighted by Crippen LogP contribution is -2.35. The van der Waals surface area contributed by atoms with Crippen molar-refractivity contribution in [3.63, 3.8) is 0 Å². The van der Waals surface area contributed by atoms with Crippen molar-refractivity contribution in [1.82, 2.24) is 9.97 Å². The summed E-state index contributed by atoms with van der Waals surface area (Å²) in [4.78, 5) is 20.9. The van der Waals surface area contributed by atoms with Crippen molar-refractivity contribution >= 4 is 17.3 Å². The molecule has 0 spiro atoms. The molecule has 2 aliphatic rings. The number of nitrogens with two attached hydrogens (primary N) is 1. The van der Waals surface area contributed by atoms with Crippen LogP contribution >= 0.6 is 0 Å². The molecule has 0 aromatic carbocycles. The van der Waals surface area contributed by atoms with E-state index < -0.39 is 4.92 Å². The Hall–Kier alpha value is -1.92. The van der Waals surface area contributed by atoms with Crippen molar-refractivity contribution < 1.29 is 4.92 Å². The maximum absolute atomic E-state index is 11.3. The molecule has 7 nitrogen and oxygen atoms in total. The van der Waals surface area contributed by atoms with Gasteiger partial charge in [0.25, 0.3) is 0 Å². The number of nitro groups is 1. The molecule has 2 atom stereocenters. The van der Waals surface area contributed by atoms with E-state index in [1.54, 1.807) is 0 Å². The highest BCUT2D eigenvalue weighted by Crippen LogP contribution is 2.54. The van der Waals surface area contributed by atoms with Gasteiger partial charge in [-0.15, -0.1) is 0 Å². The van der Waals surface area contributed by atoms with Crippen LogP contribution in [0.4, 0.5) is 17.3 Å². The van der Waals surface area contributed by atoms with Gasteiger partial charge in [0.1, 0.15) is 6.33 Å². The van der Waals surface area contributed by atoms with Crippen molar-refractivity contribution in [1.29, 1.82) is 0 Å². The normalized spacial score (nSPS) is 30.4. The third-order valence-electron chi connectivity index (χ3n) is 4.70. The number of fused-ring (bicyclic) bond motifs is 2. The Morgan fingerprint density at radius 1 is 1.38 bits per heavy atom. The number of hydrogen-bond acceptors (Lipinski definition) is 6. The van der Waals surface area contributed by atoms with Gasteiger partial charge < -0.3 is 10.6 Å². The summed E-state index contributed by atoms with van der Waals surface area (Å²) >= 11 is 0. The van der Waals surface area contributed by atoms with Crippen LogP contribution in [0, 0.1) is 20.9 Å². The lowest BCUT2D eigenvalue weighted by molar-refractivity contribution is -0.383. The molecule has 0 amide bonds. The largest absolute Gasteiger partial charge is 0.378 e. The van der Waals surface area contributed by atoms with Crippen molar-refractivity contribution in [3.8, 4) is 0 Å². The van der Waals surface area contributed by atoms with Gasteiger partial charge in [-0.2, -0.15) is 0 Å². The highest BCUT2D eigenvalue weighted by Gasteiger charge is 2.51. The maximum atomic E-state index is 11.3. The summed E-state index contributed by atoms with van der Waals surface area (Å²) in [6.07, 6.45) is 4.51. The third kappa shape index (κ3) is 2.30. The third-order valence-corrected chi connectivity index (χ3v) is 4.70. The minimum Gasteiger partial charge on any atom is -0.378 e. The molecule has 2 fully saturated rings. The van der Waals surface area contributed by atoms with E-state index in [1.165, 1.54) is 6.33 Å². The van der Waals surface area contributed by atoms with E-state index in [0.717, 1.165) is 25.8 Å². The minimum absolute atomic E-state index is 0.0594. The molecule has 1 aromatic rings. The predicted molar refractivity (Wildman–Crippen MR) is 80.0 cm³/mol. The zero-order chi connectivity index (χ0) is 15.4. The van der Waals surface area contributed by atoms with Crippen LogP contribution in [-0.2, 0) is 0 Å². The van der Waals surface area contributed by atoms with Gasteiger partial charge in [0, 0.05) is 12.6 Å². The van der Waals surface area contributed by atoms with E-state index in [9.17, 15) is 10.1 Å². The molecular formula is C14H21N5O2. The Bertz CT molecular complexity index is 603. The number of hydrogen-bond donors (Lipinski definition) is 1. The first-order valence-electron chi connectivity index (χ1n) is 7.22. The second kappa shape index (κ2) is 4.29. The van der Waals surface area contributed by atoms with Gasteiger partial charge in [-0.1, -0.05) is 20.8 Å². The molecule has 1 aliphatic heterocycles. The number of nitrogens with zero attached hydrogens (tertiary/aromatic N) is 4. The van der Waals surface area contributed by atoms with Crippen LogP contribution in [0.3, 0.4) is 0 Å². The van der Waals surface area contributed by atoms with Gasteiger partial charge >= 0.3 is 5.69 Å². The Kier molecular flexibility index (Phi) is 2.86. The molecule has 2 N–H and O–H groups in total. The fourth-order valence-corrected chi connectivity index (χ4v) is 4.48. The molecule has 1 saturated carbocycles. The van der Waals surface area contributed by atoms with Crippen molar-refractivity contribution in [2.24, 2.45) is 10.8 Å². The van der Waals surface area contributed by atoms with Crippen LogP contribution < -0.4 is 10.6 Å². The topological polar surface area (TPSA) is 98.2 Å². The summed E-state index contributed by atoms with van der Waals surface area (Å²) in [6, 6.07) is 0.284. The highest BCUT2D eigenvalue weighted by atomic mass is 16.6. The lowest BCUT2D eigenvalue weighted by atomic mass is 9.65. The Labute approximate surface area is 123 Å². The van der Waals surface area contributed by atoms with Gasteiger partial charge in [-0.25, -0.2) is 9.97 Å². The summed E-state index contributed by atoms with van der Waals surface area (Å²) in [6.45, 7) is 7.59. The number of rotatable bonds is 2. The molecule has 1 saturated heterocycles. The average molecular weight is 291 g/mol. The number of aromatic nitrogens is 2. The molecular weight excluding hydrogens is 270 g/mol. The second-order valence-electron chi connectivity index (χ2n) is 7.53. The molecule has 114 valence electrons. The lowest BCUT2D eigenvalue weighted by Gasteiger charge is -2.39. The van der Waals surface area contributed by atoms with E-state index in [2.05, 4.69) is 35.6 Å². The first-order valence-corrected chi connectivity index (χ1v) is 7.22. The molecule has 1 aliphatic carbocycles. The first-order chi connectivity index (χ1) is 9.71. The van der Waals surface area contributed by atoms with Crippen LogP contribution in [0.25, 0.3) is 0 Å². The van der Waals surface area contributed by atoms with Gasteiger partial charge in [0.2, 0.25) is 11.6 Å². The SMILES string of the molecule is CC1(C)CC2CC(C)(CN2c2ncnc(N)c2[N+](=O)[O-])C1. The molecule has 21 heavy (non-hydrogen) atoms. The molecule has 0 radical (unpaired) electrons. The molecule has 1 aromatic heterocycles. The molecule has 2 bridgehead atoms. The van der Waals surface area contributed by atoms with Crippen molar-refractivity contribution in [2.45, 2.75) is 46.1 Å². The number of anilines is 2. The monoisotopic (exact) mass is 291 g/mol. The van der Waals surface area contributed by atoms with Crippen LogP contribution in [0.2, 0.25) is 0 Å². The summed E-state index contributed by atoms with van der Waals surface area (Å²) in [5, 5.41) is 11.3. The first kappa shape index (κ1) is 14.0. The summed E-state index contributed by atoms with van der Waals surface area (Å²) in [5.41, 5.74) is 5.96. The van der Waals surface area contributed by atoms with Gasteiger partial charge in [-0.3, -0.25) is 10.1 Å². The van der Waals surface area contributed by atoms with Crippen molar-refractivity contribution in [3.05, 3.63) is 16.4 Å². The van der Waals surface area contributed by atoms with E-state index in [1.807, 2.05) is 0 Å². The fraction of sp³-hybridized carbons (Fsp3) is 0.714. The van der Waals surface area contributed by atoms with Gasteiger partial charge in [0.15, 0.2) is 0 Å². The summed E-state index contributed by atoms with van der Waals surface area (Å²) in [7, 11) is 0. The Morgan fingerprint density at radius 2 is 2.10 bits per heavy atom. The predicted octanol–water partition coefficient (Wildman–Crippen LogP) is 2.37. The van der Waals surface area contributed by atoms with Crippen LogP contribution in [0.15, 0.2) is 6.33 Å². The standard InChI is InChI=1S/C14H21N5O2/c1-13(2)4-9-5-14(3,6-13)7-18(9)12-10(19(20)21)11(15)16-8-17-12/h8-9H,4-7H2,1-3H3,(H2,15,16,17). The molecule has 2 heterocycles. The van der Waals surface area contributed by atoms with E-state index in [0.29, 0.717) is 5.82 Å². The molecule has 2 unspecified atom stereocenters. The van der Waals surface area contributed by atoms with Crippen LogP contribution in [0.5, 0.6) is 0 Å². The molecule has 7 heteroatoms. The zero-order valence-corrected chi connectivity index (χ0v) is 12.7. The maximum Gasteiger partial charge on any atom is 0.353 e. The Morgan fingerprint density at radius 3 is 2.76 bits per heavy atom. The smallest absolute Gasteiger partial charge is 0.353 e.